The van der Waals surface area contributed by atoms with Gasteiger partial charge in [0, 0.05) is 45.0 Å². The maximum Gasteiger partial charge on any atom is 0.137 e. The molecular weight excluding hydrogens is 681 g/mol. The summed E-state index contributed by atoms with van der Waals surface area (Å²) in [6, 6.07) is 50.4. The van der Waals surface area contributed by atoms with Crippen LogP contribution in [0.1, 0.15) is 79.0 Å². The average Bonchev–Trinajstić information content (AvgIpc) is 3.56. The lowest BCUT2D eigenvalue weighted by Crippen LogP contribution is -2.16. The molecule has 56 heavy (non-hydrogen) atoms. The summed E-state index contributed by atoms with van der Waals surface area (Å²) < 4.78 is 0. The Labute approximate surface area is 332 Å². The molecule has 0 spiro atoms. The minimum atomic E-state index is -0.129. The van der Waals surface area contributed by atoms with E-state index in [0.717, 1.165) is 56.3 Å². The van der Waals surface area contributed by atoms with Crippen LogP contribution in [0.15, 0.2) is 146 Å². The predicted octanol–water partition coefficient (Wildman–Crippen LogP) is 14.5. The molecule has 280 valence electrons. The van der Waals surface area contributed by atoms with E-state index in [2.05, 4.69) is 200 Å². The van der Waals surface area contributed by atoms with Gasteiger partial charge < -0.3 is 4.98 Å². The summed E-state index contributed by atoms with van der Waals surface area (Å²) in [5.41, 5.74) is 14.3. The Morgan fingerprint density at radius 3 is 1.73 bits per heavy atom. The lowest BCUT2D eigenvalue weighted by Gasteiger charge is -2.28. The molecule has 0 aliphatic heterocycles. The SMILES string of the molecule is CC(C)(C)c1cc(-c2cc(-c3cc(C(C)(C)C)cc(C(C)(C)C)c3)cc(-c3cccc4c3[nH]c3ccccc34)n2)cc(N(c2ccccc2)c2ccccn2)c1. The first-order valence-corrected chi connectivity index (χ1v) is 19.7. The predicted molar refractivity (Wildman–Crippen MR) is 238 cm³/mol. The van der Waals surface area contributed by atoms with Gasteiger partial charge in [-0.3, -0.25) is 4.90 Å². The van der Waals surface area contributed by atoms with Gasteiger partial charge in [-0.05, 0) is 105 Å². The van der Waals surface area contributed by atoms with Crippen LogP contribution in [0.5, 0.6) is 0 Å². The summed E-state index contributed by atoms with van der Waals surface area (Å²) >= 11 is 0. The standard InChI is InChI=1S/C52H52N4/c1-50(2,3)37-26-34(27-38(32-37)51(4,5)6)35-30-46(54-47(31-35)44-22-17-21-43-42-20-13-14-23-45(42)55-49(43)44)36-28-39(52(7,8)9)33-41(29-36)56(40-18-11-10-12-19-40)48-24-15-16-25-53-48/h10-33,55H,1-9H3. The van der Waals surface area contributed by atoms with Crippen LogP contribution in [-0.2, 0) is 16.2 Å². The highest BCUT2D eigenvalue weighted by molar-refractivity contribution is 6.11. The van der Waals surface area contributed by atoms with Crippen LogP contribution < -0.4 is 4.90 Å². The molecule has 0 bridgehead atoms. The Balaban J connectivity index is 1.42. The van der Waals surface area contributed by atoms with Crippen LogP contribution >= 0.6 is 0 Å². The molecule has 0 atom stereocenters. The van der Waals surface area contributed by atoms with Crippen molar-refractivity contribution in [2.24, 2.45) is 0 Å². The van der Waals surface area contributed by atoms with Crippen molar-refractivity contribution in [3.63, 3.8) is 0 Å². The van der Waals surface area contributed by atoms with E-state index in [1.807, 2.05) is 18.3 Å². The average molecular weight is 733 g/mol. The monoisotopic (exact) mass is 732 g/mol. The summed E-state index contributed by atoms with van der Waals surface area (Å²) in [6.45, 7) is 20.7. The minimum absolute atomic E-state index is 0.0209. The fraction of sp³-hybridized carbons (Fsp3) is 0.231. The molecule has 0 fully saturated rings. The van der Waals surface area contributed by atoms with Gasteiger partial charge >= 0.3 is 0 Å². The number of hydrogen-bond donors (Lipinski definition) is 1. The maximum atomic E-state index is 5.58. The number of H-pyrrole nitrogens is 1. The molecule has 0 saturated heterocycles. The molecule has 0 aliphatic carbocycles. The van der Waals surface area contributed by atoms with Gasteiger partial charge in [-0.2, -0.15) is 0 Å². The molecule has 8 aromatic rings. The van der Waals surface area contributed by atoms with Crippen LogP contribution in [0.2, 0.25) is 0 Å². The van der Waals surface area contributed by atoms with Crippen LogP contribution in [0.25, 0.3) is 55.4 Å². The summed E-state index contributed by atoms with van der Waals surface area (Å²) in [4.78, 5) is 16.4. The Hall–Kier alpha value is -6.00. The molecule has 5 aromatic carbocycles. The third-order valence-electron chi connectivity index (χ3n) is 10.9. The van der Waals surface area contributed by atoms with E-state index in [0.29, 0.717) is 0 Å². The third kappa shape index (κ3) is 7.24. The lowest BCUT2D eigenvalue weighted by atomic mass is 9.79. The van der Waals surface area contributed by atoms with Gasteiger partial charge in [0.15, 0.2) is 0 Å². The molecule has 0 aliphatic rings. The number of pyridine rings is 2. The van der Waals surface area contributed by atoms with Gasteiger partial charge in [0.2, 0.25) is 0 Å². The topological polar surface area (TPSA) is 44.8 Å². The quantitative estimate of drug-likeness (QED) is 0.185. The summed E-state index contributed by atoms with van der Waals surface area (Å²) in [5, 5.41) is 2.41. The van der Waals surface area contributed by atoms with Gasteiger partial charge in [-0.1, -0.05) is 141 Å². The van der Waals surface area contributed by atoms with Crippen molar-refractivity contribution in [2.75, 3.05) is 4.90 Å². The van der Waals surface area contributed by atoms with Gasteiger partial charge in [0.25, 0.3) is 0 Å². The first-order chi connectivity index (χ1) is 26.6. The van der Waals surface area contributed by atoms with E-state index in [-0.39, 0.29) is 16.2 Å². The Morgan fingerprint density at radius 2 is 1.05 bits per heavy atom. The molecule has 0 saturated carbocycles. The largest absolute Gasteiger partial charge is 0.354 e. The third-order valence-corrected chi connectivity index (χ3v) is 10.9. The highest BCUT2D eigenvalue weighted by atomic mass is 15.2. The molecule has 0 radical (unpaired) electrons. The second-order valence-electron chi connectivity index (χ2n) is 18.2. The Bertz CT molecular complexity index is 2610. The first kappa shape index (κ1) is 36.9. The van der Waals surface area contributed by atoms with Crippen LogP contribution in [0.3, 0.4) is 0 Å². The molecule has 0 amide bonds. The summed E-state index contributed by atoms with van der Waals surface area (Å²) in [6.07, 6.45) is 1.86. The van der Waals surface area contributed by atoms with E-state index in [9.17, 15) is 0 Å². The smallest absolute Gasteiger partial charge is 0.137 e. The number of benzene rings is 5. The van der Waals surface area contributed by atoms with E-state index >= 15 is 0 Å². The van der Waals surface area contributed by atoms with E-state index < -0.39 is 0 Å². The zero-order valence-electron chi connectivity index (χ0n) is 34.2. The highest BCUT2D eigenvalue weighted by Gasteiger charge is 2.24. The number of rotatable bonds is 6. The molecule has 4 nitrogen and oxygen atoms in total. The highest BCUT2D eigenvalue weighted by Crippen LogP contribution is 2.42. The van der Waals surface area contributed by atoms with Gasteiger partial charge in [0.1, 0.15) is 5.82 Å². The van der Waals surface area contributed by atoms with Crippen LogP contribution in [0, 0.1) is 0 Å². The van der Waals surface area contributed by atoms with Crippen molar-refractivity contribution < 1.29 is 0 Å². The van der Waals surface area contributed by atoms with Crippen LogP contribution in [0.4, 0.5) is 17.2 Å². The fourth-order valence-electron chi connectivity index (χ4n) is 7.53. The van der Waals surface area contributed by atoms with Crippen molar-refractivity contribution in [1.29, 1.82) is 0 Å². The Morgan fingerprint density at radius 1 is 0.464 bits per heavy atom. The number of fused-ring (bicyclic) bond motifs is 3. The van der Waals surface area contributed by atoms with Crippen molar-refractivity contribution >= 4 is 39.0 Å². The Kier molecular flexibility index (Phi) is 9.20. The number of hydrogen-bond acceptors (Lipinski definition) is 3. The number of nitrogens with one attached hydrogen (secondary N) is 1. The number of aromatic nitrogens is 3. The van der Waals surface area contributed by atoms with Crippen molar-refractivity contribution in [1.82, 2.24) is 15.0 Å². The molecule has 8 rings (SSSR count). The van der Waals surface area contributed by atoms with E-state index in [1.165, 1.54) is 33.0 Å². The zero-order valence-corrected chi connectivity index (χ0v) is 34.2. The molecule has 3 heterocycles. The second-order valence-corrected chi connectivity index (χ2v) is 18.2. The number of aromatic amines is 1. The maximum absolute atomic E-state index is 5.58. The van der Waals surface area contributed by atoms with Crippen molar-refractivity contribution in [3.05, 3.63) is 162 Å². The minimum Gasteiger partial charge on any atom is -0.354 e. The summed E-state index contributed by atoms with van der Waals surface area (Å²) in [7, 11) is 0. The molecule has 3 aromatic heterocycles. The van der Waals surface area contributed by atoms with Crippen molar-refractivity contribution in [3.8, 4) is 33.6 Å². The van der Waals surface area contributed by atoms with E-state index in [1.54, 1.807) is 0 Å². The molecule has 4 heteroatoms. The lowest BCUT2D eigenvalue weighted by molar-refractivity contribution is 0.569. The normalized spacial score (nSPS) is 12.4. The number of para-hydroxylation sites is 3. The number of anilines is 3. The molecule has 0 unspecified atom stereocenters. The zero-order chi connectivity index (χ0) is 39.4. The van der Waals surface area contributed by atoms with Gasteiger partial charge in [-0.25, -0.2) is 9.97 Å². The first-order valence-electron chi connectivity index (χ1n) is 19.7. The molecular formula is C52H52N4. The van der Waals surface area contributed by atoms with Crippen LogP contribution in [-0.4, -0.2) is 15.0 Å². The van der Waals surface area contributed by atoms with Gasteiger partial charge in [0.05, 0.1) is 16.9 Å². The van der Waals surface area contributed by atoms with Gasteiger partial charge in [-0.15, -0.1) is 0 Å². The van der Waals surface area contributed by atoms with E-state index in [4.69, 9.17) is 9.97 Å². The number of nitrogens with zero attached hydrogens (tertiary/aromatic N) is 3. The fourth-order valence-corrected chi connectivity index (χ4v) is 7.53. The van der Waals surface area contributed by atoms with Crippen molar-refractivity contribution in [2.45, 2.75) is 78.6 Å². The second kappa shape index (κ2) is 13.9. The summed E-state index contributed by atoms with van der Waals surface area (Å²) in [5.74, 6) is 0.859. The molecule has 1 N–H and O–H groups in total.